The van der Waals surface area contributed by atoms with E-state index in [9.17, 15) is 4.79 Å². The third kappa shape index (κ3) is 5.33. The summed E-state index contributed by atoms with van der Waals surface area (Å²) in [6.07, 6.45) is -0.645. The summed E-state index contributed by atoms with van der Waals surface area (Å²) in [5.74, 6) is 0.110. The zero-order valence-corrected chi connectivity index (χ0v) is 17.7. The molecule has 4 atom stereocenters. The second-order valence-electron chi connectivity index (χ2n) is 7.31. The maximum atomic E-state index is 15.5. The fraction of sp³-hybridized carbons (Fsp3) is 0.304. The molecule has 31 heavy (non-hydrogen) atoms. The van der Waals surface area contributed by atoms with Crippen LogP contribution in [0, 0.1) is 0 Å². The number of rotatable bonds is 8. The molecule has 0 radical (unpaired) electrons. The highest BCUT2D eigenvalue weighted by Crippen LogP contribution is 2.45. The topological polar surface area (TPSA) is 79.4 Å². The van der Waals surface area contributed by atoms with Gasteiger partial charge < -0.3 is 15.2 Å². The third-order valence-corrected chi connectivity index (χ3v) is 6.59. The van der Waals surface area contributed by atoms with Crippen molar-refractivity contribution in [1.29, 1.82) is 0 Å². The summed E-state index contributed by atoms with van der Waals surface area (Å²) in [6.45, 7) is 1.00. The highest BCUT2D eigenvalue weighted by Gasteiger charge is 2.47. The van der Waals surface area contributed by atoms with Gasteiger partial charge in [-0.2, -0.15) is 4.98 Å². The molecule has 1 unspecified atom stereocenters. The normalized spacial score (nSPS) is 23.1. The first-order valence-electron chi connectivity index (χ1n) is 10.0. The van der Waals surface area contributed by atoms with Gasteiger partial charge >= 0.3 is 5.69 Å². The molecule has 1 saturated heterocycles. The number of hydrogen-bond acceptors (Lipinski definition) is 6. The number of nitrogen functional groups attached to an aromatic ring is 1. The van der Waals surface area contributed by atoms with Gasteiger partial charge in [-0.3, -0.25) is 4.57 Å². The predicted octanol–water partition coefficient (Wildman–Crippen LogP) is 3.58. The van der Waals surface area contributed by atoms with E-state index in [1.165, 1.54) is 28.6 Å². The average Bonchev–Trinajstić information content (AvgIpc) is 3.09. The van der Waals surface area contributed by atoms with Gasteiger partial charge in [-0.05, 0) is 17.2 Å². The molecule has 162 valence electrons. The minimum Gasteiger partial charge on any atom is -0.383 e. The van der Waals surface area contributed by atoms with Crippen molar-refractivity contribution in [2.75, 3.05) is 12.3 Å². The zero-order chi connectivity index (χ0) is 21.6. The summed E-state index contributed by atoms with van der Waals surface area (Å²) < 4.78 is 28.7. The molecule has 1 aliphatic heterocycles. The number of anilines is 1. The van der Waals surface area contributed by atoms with Crippen LogP contribution >= 0.6 is 11.8 Å². The van der Waals surface area contributed by atoms with Crippen LogP contribution < -0.4 is 11.4 Å². The minimum atomic E-state index is -1.40. The van der Waals surface area contributed by atoms with E-state index in [0.717, 1.165) is 11.1 Å². The molecular weight excluding hydrogens is 417 g/mol. The van der Waals surface area contributed by atoms with Crippen LogP contribution in [-0.4, -0.2) is 33.7 Å². The zero-order valence-electron chi connectivity index (χ0n) is 16.8. The van der Waals surface area contributed by atoms with E-state index in [-0.39, 0.29) is 17.7 Å². The summed E-state index contributed by atoms with van der Waals surface area (Å²) in [5, 5.41) is -1.04. The van der Waals surface area contributed by atoms with Gasteiger partial charge in [0.15, 0.2) is 6.17 Å². The molecule has 3 aromatic rings. The van der Waals surface area contributed by atoms with E-state index in [0.29, 0.717) is 13.2 Å². The van der Waals surface area contributed by atoms with E-state index in [2.05, 4.69) is 4.98 Å². The first-order valence-corrected chi connectivity index (χ1v) is 11.0. The van der Waals surface area contributed by atoms with E-state index in [1.54, 1.807) is 0 Å². The highest BCUT2D eigenvalue weighted by atomic mass is 32.2. The van der Waals surface area contributed by atoms with E-state index >= 15 is 4.39 Å². The maximum absolute atomic E-state index is 15.5. The second-order valence-corrected chi connectivity index (χ2v) is 8.67. The van der Waals surface area contributed by atoms with Crippen LogP contribution in [0.15, 0.2) is 77.7 Å². The largest absolute Gasteiger partial charge is 0.383 e. The van der Waals surface area contributed by atoms with Gasteiger partial charge in [-0.25, -0.2) is 9.18 Å². The number of halogens is 1. The summed E-state index contributed by atoms with van der Waals surface area (Å²) >= 11 is 1.33. The van der Waals surface area contributed by atoms with Gasteiger partial charge in [0.25, 0.3) is 0 Å². The van der Waals surface area contributed by atoms with Crippen molar-refractivity contribution in [2.24, 2.45) is 0 Å². The molecule has 1 fully saturated rings. The number of aromatic nitrogens is 2. The minimum absolute atomic E-state index is 0.110. The molecule has 4 rings (SSSR count). The number of hydrogen-bond donors (Lipinski definition) is 1. The molecule has 8 heteroatoms. The van der Waals surface area contributed by atoms with Crippen molar-refractivity contribution in [3.05, 3.63) is 94.5 Å². The second kappa shape index (κ2) is 10.1. The molecule has 0 aliphatic carbocycles. The van der Waals surface area contributed by atoms with Crippen molar-refractivity contribution < 1.29 is 13.9 Å². The lowest BCUT2D eigenvalue weighted by atomic mass is 10.1. The predicted molar refractivity (Wildman–Crippen MR) is 119 cm³/mol. The quantitative estimate of drug-likeness (QED) is 0.576. The number of benzene rings is 2. The van der Waals surface area contributed by atoms with Gasteiger partial charge in [0.05, 0.1) is 25.1 Å². The van der Waals surface area contributed by atoms with E-state index in [4.69, 9.17) is 15.2 Å². The van der Waals surface area contributed by atoms with Crippen LogP contribution in [0.3, 0.4) is 0 Å². The third-order valence-electron chi connectivity index (χ3n) is 5.07. The Morgan fingerprint density at radius 2 is 1.65 bits per heavy atom. The Balaban J connectivity index is 1.48. The lowest BCUT2D eigenvalue weighted by Gasteiger charge is -2.21. The lowest BCUT2D eigenvalue weighted by molar-refractivity contribution is -0.0262. The molecule has 2 heterocycles. The Kier molecular flexibility index (Phi) is 7.01. The van der Waals surface area contributed by atoms with Crippen LogP contribution in [0.25, 0.3) is 0 Å². The van der Waals surface area contributed by atoms with Gasteiger partial charge in [0.2, 0.25) is 0 Å². The van der Waals surface area contributed by atoms with Crippen LogP contribution in [0.4, 0.5) is 10.2 Å². The molecule has 1 aliphatic rings. The number of nitrogens with two attached hydrogens (primary N) is 1. The molecule has 2 aromatic carbocycles. The maximum Gasteiger partial charge on any atom is 0.350 e. The van der Waals surface area contributed by atoms with Crippen LogP contribution in [-0.2, 0) is 22.7 Å². The molecule has 0 bridgehead atoms. The molecule has 0 amide bonds. The standard InChI is InChI=1S/C23H24FN3O3S/c24-20-21(30-14-17-9-5-2-6-10-17)18(15-29-13-16-7-3-1-4-8-16)31-22(20)27-12-11-19(25)26-23(27)28/h1-12,18,20-22H,13-15H2,(H2,25,26,28)/t18-,20+,21-,22?/m1/s1. The molecule has 0 spiro atoms. The smallest absolute Gasteiger partial charge is 0.350 e. The summed E-state index contributed by atoms with van der Waals surface area (Å²) in [5.41, 5.74) is 7.00. The molecular formula is C23H24FN3O3S. The molecule has 1 aromatic heterocycles. The average molecular weight is 442 g/mol. The Bertz CT molecular complexity index is 1030. The van der Waals surface area contributed by atoms with Gasteiger partial charge in [0, 0.05) is 6.20 Å². The number of ether oxygens (including phenoxy) is 2. The van der Waals surface area contributed by atoms with Crippen molar-refractivity contribution in [3.63, 3.8) is 0 Å². The summed E-state index contributed by atoms with van der Waals surface area (Å²) in [4.78, 5) is 16.0. The Morgan fingerprint density at radius 3 is 2.29 bits per heavy atom. The fourth-order valence-electron chi connectivity index (χ4n) is 3.50. The van der Waals surface area contributed by atoms with E-state index < -0.39 is 23.3 Å². The van der Waals surface area contributed by atoms with Crippen LogP contribution in [0.2, 0.25) is 0 Å². The Hall–Kier alpha value is -2.68. The first-order chi connectivity index (χ1) is 15.1. The monoisotopic (exact) mass is 441 g/mol. The van der Waals surface area contributed by atoms with Crippen LogP contribution in [0.5, 0.6) is 0 Å². The van der Waals surface area contributed by atoms with Crippen molar-refractivity contribution in [2.45, 2.75) is 36.1 Å². The number of nitrogens with zero attached hydrogens (tertiary/aromatic N) is 2. The number of thioether (sulfide) groups is 1. The van der Waals surface area contributed by atoms with Crippen molar-refractivity contribution in [1.82, 2.24) is 9.55 Å². The first kappa shape index (κ1) is 21.5. The Morgan fingerprint density at radius 1 is 1.00 bits per heavy atom. The Labute approximate surface area is 184 Å². The van der Waals surface area contributed by atoms with E-state index in [1.807, 2.05) is 60.7 Å². The summed E-state index contributed by atoms with van der Waals surface area (Å²) in [6, 6.07) is 20.9. The molecule has 6 nitrogen and oxygen atoms in total. The van der Waals surface area contributed by atoms with Gasteiger partial charge in [-0.15, -0.1) is 11.8 Å². The van der Waals surface area contributed by atoms with Gasteiger partial charge in [-0.1, -0.05) is 60.7 Å². The van der Waals surface area contributed by atoms with Crippen molar-refractivity contribution in [3.8, 4) is 0 Å². The van der Waals surface area contributed by atoms with Crippen LogP contribution in [0.1, 0.15) is 16.5 Å². The fourth-order valence-corrected chi connectivity index (χ4v) is 5.02. The van der Waals surface area contributed by atoms with Gasteiger partial charge in [0.1, 0.15) is 17.3 Å². The molecule has 2 N–H and O–H groups in total. The number of alkyl halides is 1. The summed E-state index contributed by atoms with van der Waals surface area (Å²) in [7, 11) is 0. The lowest BCUT2D eigenvalue weighted by Crippen LogP contribution is -2.35. The molecule has 0 saturated carbocycles. The SMILES string of the molecule is Nc1ccn(C2S[C@H](COCc3ccccc3)[C@@H](OCc3ccccc3)[C@@H]2F)c(=O)n1. The van der Waals surface area contributed by atoms with Crippen molar-refractivity contribution >= 4 is 17.6 Å². The highest BCUT2D eigenvalue weighted by molar-refractivity contribution is 8.00.